The highest BCUT2D eigenvalue weighted by atomic mass is 19.4. The summed E-state index contributed by atoms with van der Waals surface area (Å²) in [4.78, 5) is 0. The third-order valence-electron chi connectivity index (χ3n) is 4.14. The molecule has 1 aliphatic carbocycles. The van der Waals surface area contributed by atoms with Crippen molar-refractivity contribution in [1.82, 2.24) is 0 Å². The van der Waals surface area contributed by atoms with Crippen LogP contribution in [0.2, 0.25) is 0 Å². The van der Waals surface area contributed by atoms with Crippen molar-refractivity contribution in [2.75, 3.05) is 6.79 Å². The van der Waals surface area contributed by atoms with E-state index in [2.05, 4.69) is 6.92 Å². The molecule has 0 amide bonds. The highest BCUT2D eigenvalue weighted by Crippen LogP contribution is 2.48. The van der Waals surface area contributed by atoms with Gasteiger partial charge in [0.05, 0.1) is 5.57 Å². The Balaban J connectivity index is 1.90. The molecular weight excluding hydrogens is 305 g/mol. The van der Waals surface area contributed by atoms with Crippen LogP contribution in [-0.4, -0.2) is 13.0 Å². The van der Waals surface area contributed by atoms with Crippen LogP contribution in [0, 0.1) is 0 Å². The van der Waals surface area contributed by atoms with E-state index in [1.54, 1.807) is 6.07 Å². The van der Waals surface area contributed by atoms with Gasteiger partial charge in [-0.1, -0.05) is 32.3 Å². The molecule has 0 fully saturated rings. The first-order chi connectivity index (χ1) is 11.0. The Morgan fingerprint density at radius 1 is 1.04 bits per heavy atom. The number of allylic oxidation sites excluding steroid dienone is 4. The standard InChI is InChI=1S/C18H19F3O2/c1-2-3-4-5-6-7-12-8-15(18(19,20)21)14-10-17-16(9-13(12)14)22-11-23-17/h7-10H,2-6,11H2,1H3/b12-7-. The molecule has 124 valence electrons. The fourth-order valence-corrected chi connectivity index (χ4v) is 2.95. The number of unbranched alkanes of at least 4 members (excludes halogenated alkanes) is 4. The lowest BCUT2D eigenvalue weighted by atomic mass is 10.0. The summed E-state index contributed by atoms with van der Waals surface area (Å²) in [6.45, 7) is 2.19. The number of rotatable bonds is 5. The zero-order valence-electron chi connectivity index (χ0n) is 13.0. The molecule has 1 heterocycles. The molecule has 1 aliphatic heterocycles. The summed E-state index contributed by atoms with van der Waals surface area (Å²) < 4.78 is 50.4. The first kappa shape index (κ1) is 16.0. The van der Waals surface area contributed by atoms with Gasteiger partial charge in [-0.2, -0.15) is 13.2 Å². The highest BCUT2D eigenvalue weighted by Gasteiger charge is 2.40. The van der Waals surface area contributed by atoms with Gasteiger partial charge >= 0.3 is 6.18 Å². The molecule has 3 rings (SSSR count). The molecule has 0 saturated heterocycles. The zero-order valence-corrected chi connectivity index (χ0v) is 13.0. The minimum Gasteiger partial charge on any atom is -0.454 e. The average Bonchev–Trinajstić information content (AvgIpc) is 3.08. The van der Waals surface area contributed by atoms with Crippen molar-refractivity contribution < 1.29 is 22.6 Å². The third-order valence-corrected chi connectivity index (χ3v) is 4.14. The van der Waals surface area contributed by atoms with E-state index in [0.29, 0.717) is 22.6 Å². The van der Waals surface area contributed by atoms with Gasteiger partial charge in [-0.15, -0.1) is 0 Å². The first-order valence-corrected chi connectivity index (χ1v) is 7.94. The molecule has 2 nitrogen and oxygen atoms in total. The molecule has 2 aliphatic rings. The van der Waals surface area contributed by atoms with Crippen molar-refractivity contribution in [2.24, 2.45) is 0 Å². The maximum atomic E-state index is 13.3. The third kappa shape index (κ3) is 3.23. The predicted octanol–water partition coefficient (Wildman–Crippen LogP) is 5.73. The number of hydrogen-bond acceptors (Lipinski definition) is 2. The van der Waals surface area contributed by atoms with E-state index in [0.717, 1.165) is 32.1 Å². The first-order valence-electron chi connectivity index (χ1n) is 7.94. The van der Waals surface area contributed by atoms with E-state index in [-0.39, 0.29) is 12.4 Å². The second kappa shape index (κ2) is 6.30. The SMILES string of the molecule is CCCCCC/C=C1/C=C(C(F)(F)F)c2cc3c(cc21)OCO3. The minimum atomic E-state index is -4.37. The number of fused-ring (bicyclic) bond motifs is 2. The van der Waals surface area contributed by atoms with Gasteiger partial charge in [-0.05, 0) is 47.8 Å². The normalized spacial score (nSPS) is 17.6. The van der Waals surface area contributed by atoms with Crippen LogP contribution in [0.4, 0.5) is 13.2 Å². The van der Waals surface area contributed by atoms with Crippen LogP contribution in [0.1, 0.15) is 50.2 Å². The van der Waals surface area contributed by atoms with Crippen molar-refractivity contribution in [2.45, 2.75) is 45.2 Å². The van der Waals surface area contributed by atoms with Gasteiger partial charge in [-0.3, -0.25) is 0 Å². The lowest BCUT2D eigenvalue weighted by Gasteiger charge is -2.10. The Morgan fingerprint density at radius 2 is 1.74 bits per heavy atom. The van der Waals surface area contributed by atoms with Crippen LogP contribution in [0.25, 0.3) is 11.1 Å². The summed E-state index contributed by atoms with van der Waals surface area (Å²) in [5, 5.41) is 0. The molecule has 0 aromatic heterocycles. The monoisotopic (exact) mass is 324 g/mol. The summed E-state index contributed by atoms with van der Waals surface area (Å²) >= 11 is 0. The van der Waals surface area contributed by atoms with Crippen molar-refractivity contribution in [3.05, 3.63) is 35.4 Å². The second-order valence-electron chi connectivity index (χ2n) is 5.82. The van der Waals surface area contributed by atoms with E-state index >= 15 is 0 Å². The molecule has 0 radical (unpaired) electrons. The van der Waals surface area contributed by atoms with E-state index < -0.39 is 11.7 Å². The van der Waals surface area contributed by atoms with Gasteiger partial charge in [0.15, 0.2) is 11.5 Å². The van der Waals surface area contributed by atoms with Crippen molar-refractivity contribution in [1.29, 1.82) is 0 Å². The van der Waals surface area contributed by atoms with E-state index in [1.807, 2.05) is 6.08 Å². The number of alkyl halides is 3. The number of halogens is 3. The topological polar surface area (TPSA) is 18.5 Å². The Hall–Kier alpha value is -1.91. The molecule has 0 bridgehead atoms. The fraction of sp³-hybridized carbons (Fsp3) is 0.444. The molecule has 1 aromatic carbocycles. The highest BCUT2D eigenvalue weighted by molar-refractivity contribution is 5.98. The minimum absolute atomic E-state index is 0.0549. The summed E-state index contributed by atoms with van der Waals surface area (Å²) in [6, 6.07) is 3.10. The van der Waals surface area contributed by atoms with Crippen molar-refractivity contribution >= 4 is 11.1 Å². The Kier molecular flexibility index (Phi) is 4.37. The Bertz CT molecular complexity index is 657. The molecule has 0 atom stereocenters. The molecule has 0 saturated carbocycles. The van der Waals surface area contributed by atoms with Crippen LogP contribution in [0.15, 0.2) is 24.3 Å². The Labute approximate surface area is 133 Å². The summed E-state index contributed by atoms with van der Waals surface area (Å²) in [6.07, 6.45) is 3.93. The molecule has 0 N–H and O–H groups in total. The fourth-order valence-electron chi connectivity index (χ4n) is 2.95. The zero-order chi connectivity index (χ0) is 16.4. The molecule has 1 aromatic rings. The van der Waals surface area contributed by atoms with E-state index in [1.165, 1.54) is 12.1 Å². The average molecular weight is 324 g/mol. The maximum absolute atomic E-state index is 13.3. The van der Waals surface area contributed by atoms with Gasteiger partial charge in [0.1, 0.15) is 0 Å². The smallest absolute Gasteiger partial charge is 0.417 e. The van der Waals surface area contributed by atoms with Crippen LogP contribution < -0.4 is 9.47 Å². The van der Waals surface area contributed by atoms with Gasteiger partial charge in [0.2, 0.25) is 6.79 Å². The Morgan fingerprint density at radius 3 is 2.39 bits per heavy atom. The van der Waals surface area contributed by atoms with Crippen LogP contribution in [0.5, 0.6) is 11.5 Å². The molecule has 0 unspecified atom stereocenters. The quantitative estimate of drug-likeness (QED) is 0.644. The predicted molar refractivity (Wildman–Crippen MR) is 83.3 cm³/mol. The lowest BCUT2D eigenvalue weighted by Crippen LogP contribution is -2.09. The van der Waals surface area contributed by atoms with Crippen LogP contribution >= 0.6 is 0 Å². The van der Waals surface area contributed by atoms with Gasteiger partial charge in [0.25, 0.3) is 0 Å². The largest absolute Gasteiger partial charge is 0.454 e. The van der Waals surface area contributed by atoms with E-state index in [9.17, 15) is 13.2 Å². The van der Waals surface area contributed by atoms with Gasteiger partial charge in [0, 0.05) is 0 Å². The van der Waals surface area contributed by atoms with Crippen LogP contribution in [0.3, 0.4) is 0 Å². The number of ether oxygens (including phenoxy) is 2. The van der Waals surface area contributed by atoms with Gasteiger partial charge < -0.3 is 9.47 Å². The number of benzene rings is 1. The summed E-state index contributed by atoms with van der Waals surface area (Å²) in [5.74, 6) is 0.889. The van der Waals surface area contributed by atoms with Crippen molar-refractivity contribution in [3.63, 3.8) is 0 Å². The van der Waals surface area contributed by atoms with Crippen molar-refractivity contribution in [3.8, 4) is 11.5 Å². The number of hydrogen-bond donors (Lipinski definition) is 0. The maximum Gasteiger partial charge on any atom is 0.417 e. The molecule has 5 heteroatoms. The lowest BCUT2D eigenvalue weighted by molar-refractivity contribution is -0.0687. The molecular formula is C18H19F3O2. The van der Waals surface area contributed by atoms with Crippen LogP contribution in [-0.2, 0) is 0 Å². The van der Waals surface area contributed by atoms with E-state index in [4.69, 9.17) is 9.47 Å². The molecule has 23 heavy (non-hydrogen) atoms. The summed E-state index contributed by atoms with van der Waals surface area (Å²) in [7, 11) is 0. The summed E-state index contributed by atoms with van der Waals surface area (Å²) in [5.41, 5.74) is 0.784. The molecule has 0 spiro atoms. The van der Waals surface area contributed by atoms with Gasteiger partial charge in [-0.25, -0.2) is 0 Å². The second-order valence-corrected chi connectivity index (χ2v) is 5.82.